The van der Waals surface area contributed by atoms with Gasteiger partial charge in [-0.05, 0) is 36.2 Å². The van der Waals surface area contributed by atoms with Gasteiger partial charge in [-0.3, -0.25) is 14.6 Å². The molecule has 2 N–H and O–H groups in total. The molecule has 31 heavy (non-hydrogen) atoms. The molecule has 2 aromatic rings. The maximum Gasteiger partial charge on any atom is 0.289 e. The van der Waals surface area contributed by atoms with Crippen molar-refractivity contribution in [2.24, 2.45) is 4.99 Å². The Morgan fingerprint density at radius 2 is 1.81 bits per heavy atom. The van der Waals surface area contributed by atoms with E-state index >= 15 is 0 Å². The molecule has 0 unspecified atom stereocenters. The van der Waals surface area contributed by atoms with Crippen LogP contribution in [0.25, 0.3) is 0 Å². The number of nitrogens with one attached hydrogen (secondary N) is 2. The first-order valence-electron chi connectivity index (χ1n) is 10.3. The quantitative estimate of drug-likeness (QED) is 0.335. The number of hydrogen-bond donors (Lipinski definition) is 2. The van der Waals surface area contributed by atoms with E-state index in [-0.39, 0.29) is 35.8 Å². The minimum absolute atomic E-state index is 0. The van der Waals surface area contributed by atoms with Crippen LogP contribution in [0.4, 0.5) is 0 Å². The van der Waals surface area contributed by atoms with Gasteiger partial charge < -0.3 is 24.9 Å². The van der Waals surface area contributed by atoms with Crippen molar-refractivity contribution in [3.05, 3.63) is 59.5 Å². The second-order valence-corrected chi connectivity index (χ2v) is 7.11. The standard InChI is InChI=1S/C22H29N5O3.HI/c1-3-9-24-20(28)18-7-4-6-17(15-18)16-25-22(23-2)27-12-10-26(11-13-27)21(29)19-8-5-14-30-19;/h4-8,14-15H,3,9-13,16H2,1-2H3,(H,23,25)(H,24,28);1H. The zero-order chi connectivity index (χ0) is 21.3. The Morgan fingerprint density at radius 1 is 1.06 bits per heavy atom. The molecule has 0 atom stereocenters. The van der Waals surface area contributed by atoms with Crippen LogP contribution < -0.4 is 10.6 Å². The van der Waals surface area contributed by atoms with Crippen molar-refractivity contribution < 1.29 is 14.0 Å². The first kappa shape index (κ1) is 24.7. The van der Waals surface area contributed by atoms with Gasteiger partial charge >= 0.3 is 0 Å². The van der Waals surface area contributed by atoms with E-state index in [9.17, 15) is 9.59 Å². The van der Waals surface area contributed by atoms with Crippen LogP contribution in [-0.2, 0) is 6.54 Å². The number of benzene rings is 1. The first-order chi connectivity index (χ1) is 14.6. The molecule has 1 aliphatic rings. The average molecular weight is 539 g/mol. The van der Waals surface area contributed by atoms with E-state index < -0.39 is 0 Å². The first-order valence-corrected chi connectivity index (χ1v) is 10.3. The van der Waals surface area contributed by atoms with Crippen molar-refractivity contribution in [2.75, 3.05) is 39.8 Å². The van der Waals surface area contributed by atoms with Gasteiger partial charge in [-0.15, -0.1) is 24.0 Å². The summed E-state index contributed by atoms with van der Waals surface area (Å²) in [6, 6.07) is 11.0. The molecule has 0 aliphatic carbocycles. The Morgan fingerprint density at radius 3 is 2.45 bits per heavy atom. The molecule has 0 spiro atoms. The fourth-order valence-corrected chi connectivity index (χ4v) is 3.35. The Labute approximate surface area is 200 Å². The van der Waals surface area contributed by atoms with Gasteiger partial charge in [0.2, 0.25) is 0 Å². The highest BCUT2D eigenvalue weighted by Gasteiger charge is 2.25. The van der Waals surface area contributed by atoms with Crippen LogP contribution in [0.5, 0.6) is 0 Å². The van der Waals surface area contributed by atoms with E-state index in [2.05, 4.69) is 20.5 Å². The average Bonchev–Trinajstić information content (AvgIpc) is 3.33. The number of piperazine rings is 1. The summed E-state index contributed by atoms with van der Waals surface area (Å²) in [4.78, 5) is 32.9. The molecule has 2 amide bonds. The number of rotatable bonds is 6. The maximum atomic E-state index is 12.4. The topological polar surface area (TPSA) is 90.2 Å². The van der Waals surface area contributed by atoms with Gasteiger partial charge in [-0.1, -0.05) is 19.1 Å². The molecule has 2 heterocycles. The van der Waals surface area contributed by atoms with Crippen LogP contribution in [0.15, 0.2) is 52.1 Å². The fraction of sp³-hybridized carbons (Fsp3) is 0.409. The molecular weight excluding hydrogens is 509 g/mol. The molecule has 1 saturated heterocycles. The molecular formula is C22H30IN5O3. The van der Waals surface area contributed by atoms with Crippen molar-refractivity contribution in [1.82, 2.24) is 20.4 Å². The minimum Gasteiger partial charge on any atom is -0.459 e. The highest BCUT2D eigenvalue weighted by Crippen LogP contribution is 2.10. The van der Waals surface area contributed by atoms with Crippen LogP contribution in [0, 0.1) is 0 Å². The molecule has 0 bridgehead atoms. The molecule has 1 aromatic carbocycles. The number of carbonyl (C=O) groups is 2. The number of furan rings is 1. The van der Waals surface area contributed by atoms with Crippen LogP contribution in [0.3, 0.4) is 0 Å². The van der Waals surface area contributed by atoms with E-state index in [1.807, 2.05) is 31.2 Å². The third kappa shape index (κ3) is 6.71. The Kier molecular flexibility index (Phi) is 9.83. The van der Waals surface area contributed by atoms with E-state index in [1.54, 1.807) is 24.1 Å². The van der Waals surface area contributed by atoms with Crippen molar-refractivity contribution in [1.29, 1.82) is 0 Å². The molecule has 1 aromatic heterocycles. The maximum absolute atomic E-state index is 12.4. The zero-order valence-electron chi connectivity index (χ0n) is 18.0. The van der Waals surface area contributed by atoms with Crippen LogP contribution in [0.2, 0.25) is 0 Å². The SMILES string of the molecule is CCCNC(=O)c1cccc(CNC(=NC)N2CCN(C(=O)c3ccco3)CC2)c1.I. The van der Waals surface area contributed by atoms with E-state index in [4.69, 9.17) is 4.42 Å². The molecule has 0 saturated carbocycles. The van der Waals surface area contributed by atoms with Crippen LogP contribution in [0.1, 0.15) is 39.8 Å². The highest BCUT2D eigenvalue weighted by atomic mass is 127. The number of aliphatic imine (C=N–C) groups is 1. The molecule has 9 heteroatoms. The Hall–Kier alpha value is -2.56. The summed E-state index contributed by atoms with van der Waals surface area (Å²) in [6.07, 6.45) is 2.42. The van der Waals surface area contributed by atoms with Crippen LogP contribution in [-0.4, -0.2) is 67.3 Å². The molecule has 8 nitrogen and oxygen atoms in total. The largest absolute Gasteiger partial charge is 0.459 e. The van der Waals surface area contributed by atoms with Crippen molar-refractivity contribution in [3.8, 4) is 0 Å². The normalized spacial score (nSPS) is 14.1. The number of guanidine groups is 1. The van der Waals surface area contributed by atoms with Gasteiger partial charge in [0.25, 0.3) is 11.8 Å². The molecule has 1 fully saturated rings. The van der Waals surface area contributed by atoms with Gasteiger partial charge in [0.05, 0.1) is 6.26 Å². The Bertz CT molecular complexity index is 877. The summed E-state index contributed by atoms with van der Waals surface area (Å²) >= 11 is 0. The lowest BCUT2D eigenvalue weighted by Crippen LogP contribution is -2.53. The molecule has 3 rings (SSSR count). The van der Waals surface area contributed by atoms with Gasteiger partial charge in [0.1, 0.15) is 0 Å². The van der Waals surface area contributed by atoms with E-state index in [1.165, 1.54) is 6.26 Å². The van der Waals surface area contributed by atoms with E-state index in [0.29, 0.717) is 50.6 Å². The minimum atomic E-state index is -0.0826. The summed E-state index contributed by atoms with van der Waals surface area (Å²) in [6.45, 7) is 5.84. The van der Waals surface area contributed by atoms with Crippen molar-refractivity contribution in [3.63, 3.8) is 0 Å². The lowest BCUT2D eigenvalue weighted by molar-refractivity contribution is 0.0657. The summed E-state index contributed by atoms with van der Waals surface area (Å²) < 4.78 is 5.21. The lowest BCUT2D eigenvalue weighted by Gasteiger charge is -2.36. The number of nitrogens with zero attached hydrogens (tertiary/aromatic N) is 3. The van der Waals surface area contributed by atoms with Crippen molar-refractivity contribution >= 4 is 41.8 Å². The predicted octanol–water partition coefficient (Wildman–Crippen LogP) is 2.57. The van der Waals surface area contributed by atoms with Gasteiger partial charge in [-0.2, -0.15) is 0 Å². The third-order valence-corrected chi connectivity index (χ3v) is 4.99. The lowest BCUT2D eigenvalue weighted by atomic mass is 10.1. The Balaban J connectivity index is 0.00000341. The number of hydrogen-bond acceptors (Lipinski definition) is 4. The second-order valence-electron chi connectivity index (χ2n) is 7.11. The molecule has 1 aliphatic heterocycles. The fourth-order valence-electron chi connectivity index (χ4n) is 3.35. The summed E-state index contributed by atoms with van der Waals surface area (Å²) in [7, 11) is 1.75. The summed E-state index contributed by atoms with van der Waals surface area (Å²) in [5.41, 5.74) is 1.66. The number of amides is 2. The molecule has 0 radical (unpaired) electrons. The molecule has 168 valence electrons. The monoisotopic (exact) mass is 539 g/mol. The summed E-state index contributed by atoms with van der Waals surface area (Å²) in [5.74, 6) is 1.01. The van der Waals surface area contributed by atoms with Crippen LogP contribution >= 0.6 is 24.0 Å². The smallest absolute Gasteiger partial charge is 0.289 e. The highest BCUT2D eigenvalue weighted by molar-refractivity contribution is 14.0. The number of halogens is 1. The van der Waals surface area contributed by atoms with Crippen molar-refractivity contribution in [2.45, 2.75) is 19.9 Å². The summed E-state index contributed by atoms with van der Waals surface area (Å²) in [5, 5.41) is 6.26. The number of carbonyl (C=O) groups excluding carboxylic acids is 2. The third-order valence-electron chi connectivity index (χ3n) is 4.99. The predicted molar refractivity (Wildman–Crippen MR) is 131 cm³/mol. The van der Waals surface area contributed by atoms with Gasteiger partial charge in [-0.25, -0.2) is 0 Å². The second kappa shape index (κ2) is 12.3. The van der Waals surface area contributed by atoms with E-state index in [0.717, 1.165) is 17.9 Å². The van der Waals surface area contributed by atoms with Gasteiger partial charge in [0.15, 0.2) is 11.7 Å². The van der Waals surface area contributed by atoms with Gasteiger partial charge in [0, 0.05) is 51.9 Å². The zero-order valence-corrected chi connectivity index (χ0v) is 20.3.